The predicted octanol–water partition coefficient (Wildman–Crippen LogP) is 5.31. The first-order valence-electron chi connectivity index (χ1n) is 10.0. The number of pyridine rings is 1. The first-order valence-corrected chi connectivity index (χ1v) is 10.4. The van der Waals surface area contributed by atoms with Crippen LogP contribution in [0.1, 0.15) is 36.8 Å². The molecule has 0 saturated carbocycles. The molecule has 2 N–H and O–H groups in total. The number of furan rings is 1. The Hall–Kier alpha value is -2.60. The van der Waals surface area contributed by atoms with Crippen molar-refractivity contribution in [3.05, 3.63) is 70.6 Å². The van der Waals surface area contributed by atoms with Crippen molar-refractivity contribution in [3.8, 4) is 5.75 Å². The average molecular weight is 423 g/mol. The molecule has 5 nitrogen and oxygen atoms in total. The van der Waals surface area contributed by atoms with Gasteiger partial charge in [-0.15, -0.1) is 0 Å². The number of ether oxygens (including phenoxy) is 1. The zero-order valence-electron chi connectivity index (χ0n) is 17.1. The minimum atomic E-state index is -0.757. The van der Waals surface area contributed by atoms with Gasteiger partial charge in [0.1, 0.15) is 34.0 Å². The molecule has 0 bridgehead atoms. The standard InChI is InChI=1S/C24H23ClN2O3/c1-13-8-21(25)27-18-10-17-20(11-16(13)18)30-24(2,3)23(28)22(17)26-12-15-9-14-6-4-5-7-19(14)29-15/h4-11,22-23,26,28H,12H2,1-3H3/t22-,23+/m0/s1. The molecule has 1 aliphatic heterocycles. The highest BCUT2D eigenvalue weighted by Crippen LogP contribution is 2.42. The third-order valence-electron chi connectivity index (χ3n) is 5.82. The quantitative estimate of drug-likeness (QED) is 0.438. The lowest BCUT2D eigenvalue weighted by Gasteiger charge is -2.42. The van der Waals surface area contributed by atoms with Crippen LogP contribution in [0.5, 0.6) is 5.75 Å². The number of aromatic nitrogens is 1. The maximum atomic E-state index is 11.1. The number of hydrogen-bond acceptors (Lipinski definition) is 5. The number of nitrogens with one attached hydrogen (secondary N) is 1. The van der Waals surface area contributed by atoms with E-state index < -0.39 is 11.7 Å². The molecule has 2 aromatic carbocycles. The Morgan fingerprint density at radius 3 is 2.77 bits per heavy atom. The fraction of sp³-hybridized carbons (Fsp3) is 0.292. The first-order chi connectivity index (χ1) is 14.3. The summed E-state index contributed by atoms with van der Waals surface area (Å²) in [6.45, 7) is 6.27. The van der Waals surface area contributed by atoms with E-state index >= 15 is 0 Å². The maximum Gasteiger partial charge on any atom is 0.134 e. The van der Waals surface area contributed by atoms with E-state index in [0.29, 0.717) is 11.7 Å². The molecule has 3 heterocycles. The lowest BCUT2D eigenvalue weighted by Crippen LogP contribution is -2.52. The summed E-state index contributed by atoms with van der Waals surface area (Å²) in [4.78, 5) is 4.47. The molecule has 0 fully saturated rings. The number of benzene rings is 2. The number of para-hydroxylation sites is 1. The minimum Gasteiger partial charge on any atom is -0.485 e. The summed E-state index contributed by atoms with van der Waals surface area (Å²) in [5.41, 5.74) is 2.78. The lowest BCUT2D eigenvalue weighted by molar-refractivity contribution is -0.0649. The molecular weight excluding hydrogens is 400 g/mol. The van der Waals surface area contributed by atoms with E-state index in [1.54, 1.807) is 0 Å². The van der Waals surface area contributed by atoms with Gasteiger partial charge in [-0.1, -0.05) is 29.8 Å². The summed E-state index contributed by atoms with van der Waals surface area (Å²) in [6.07, 6.45) is -0.757. The van der Waals surface area contributed by atoms with Gasteiger partial charge in [-0.3, -0.25) is 0 Å². The van der Waals surface area contributed by atoms with Crippen molar-refractivity contribution < 1.29 is 14.3 Å². The number of nitrogens with zero attached hydrogens (tertiary/aromatic N) is 1. The topological polar surface area (TPSA) is 67.5 Å². The average Bonchev–Trinajstić information content (AvgIpc) is 3.10. The highest BCUT2D eigenvalue weighted by atomic mass is 35.5. The summed E-state index contributed by atoms with van der Waals surface area (Å²) in [5.74, 6) is 1.55. The molecule has 2 atom stereocenters. The van der Waals surface area contributed by atoms with E-state index in [9.17, 15) is 5.11 Å². The molecule has 6 heteroatoms. The van der Waals surface area contributed by atoms with Crippen LogP contribution in [0, 0.1) is 6.92 Å². The van der Waals surface area contributed by atoms with Crippen LogP contribution in [0.15, 0.2) is 52.9 Å². The van der Waals surface area contributed by atoms with Crippen molar-refractivity contribution in [2.45, 2.75) is 45.1 Å². The molecule has 2 aromatic heterocycles. The molecule has 0 amide bonds. The van der Waals surface area contributed by atoms with Crippen molar-refractivity contribution >= 4 is 33.5 Å². The van der Waals surface area contributed by atoms with E-state index in [2.05, 4.69) is 10.3 Å². The van der Waals surface area contributed by atoms with Gasteiger partial charge >= 0.3 is 0 Å². The second-order valence-corrected chi connectivity index (χ2v) is 8.82. The first kappa shape index (κ1) is 19.4. The van der Waals surface area contributed by atoms with Gasteiger partial charge in [0.25, 0.3) is 0 Å². The Labute approximate surface area is 179 Å². The molecule has 5 rings (SSSR count). The number of aliphatic hydroxyl groups is 1. The van der Waals surface area contributed by atoms with Crippen LogP contribution in [0.3, 0.4) is 0 Å². The van der Waals surface area contributed by atoms with Crippen molar-refractivity contribution in [2.24, 2.45) is 0 Å². The van der Waals surface area contributed by atoms with Crippen molar-refractivity contribution in [1.82, 2.24) is 10.3 Å². The van der Waals surface area contributed by atoms with Crippen LogP contribution in [-0.4, -0.2) is 21.8 Å². The van der Waals surface area contributed by atoms with Gasteiger partial charge in [0, 0.05) is 16.3 Å². The Bertz CT molecular complexity index is 1230. The van der Waals surface area contributed by atoms with Crippen LogP contribution in [0.4, 0.5) is 0 Å². The Morgan fingerprint density at radius 1 is 1.17 bits per heavy atom. The molecule has 0 spiro atoms. The third kappa shape index (κ3) is 3.23. The Kier molecular flexibility index (Phi) is 4.51. The summed E-state index contributed by atoms with van der Waals surface area (Å²) in [5, 5.41) is 17.0. The van der Waals surface area contributed by atoms with Gasteiger partial charge in [0.15, 0.2) is 0 Å². The second-order valence-electron chi connectivity index (χ2n) is 8.43. The van der Waals surface area contributed by atoms with E-state index in [1.165, 1.54) is 0 Å². The van der Waals surface area contributed by atoms with Crippen molar-refractivity contribution in [2.75, 3.05) is 0 Å². The van der Waals surface area contributed by atoms with Gasteiger partial charge in [-0.05, 0) is 56.7 Å². The van der Waals surface area contributed by atoms with Gasteiger partial charge in [-0.2, -0.15) is 0 Å². The summed E-state index contributed by atoms with van der Waals surface area (Å²) >= 11 is 6.18. The van der Waals surface area contributed by atoms with Crippen LogP contribution in [-0.2, 0) is 6.54 Å². The van der Waals surface area contributed by atoms with Crippen LogP contribution in [0.25, 0.3) is 21.9 Å². The highest BCUT2D eigenvalue weighted by molar-refractivity contribution is 6.29. The van der Waals surface area contributed by atoms with Crippen LogP contribution in [0.2, 0.25) is 5.15 Å². The zero-order chi connectivity index (χ0) is 21.0. The number of aryl methyl sites for hydroxylation is 1. The molecule has 0 unspecified atom stereocenters. The number of hydrogen-bond donors (Lipinski definition) is 2. The Balaban J connectivity index is 1.54. The fourth-order valence-corrected chi connectivity index (χ4v) is 4.45. The number of rotatable bonds is 3. The monoisotopic (exact) mass is 422 g/mol. The van der Waals surface area contributed by atoms with E-state index in [0.717, 1.165) is 44.5 Å². The highest BCUT2D eigenvalue weighted by Gasteiger charge is 2.43. The Morgan fingerprint density at radius 2 is 1.97 bits per heavy atom. The second kappa shape index (κ2) is 6.98. The summed E-state index contributed by atoms with van der Waals surface area (Å²) < 4.78 is 12.1. The molecule has 154 valence electrons. The van der Waals surface area contributed by atoms with E-state index in [4.69, 9.17) is 20.8 Å². The zero-order valence-corrected chi connectivity index (χ0v) is 17.8. The number of halogens is 1. The third-order valence-corrected chi connectivity index (χ3v) is 6.02. The molecule has 4 aromatic rings. The van der Waals surface area contributed by atoms with Crippen LogP contribution >= 0.6 is 11.6 Å². The normalized spacial score (nSPS) is 20.3. The van der Waals surface area contributed by atoms with Gasteiger partial charge in [0.05, 0.1) is 18.1 Å². The molecule has 0 saturated heterocycles. The maximum absolute atomic E-state index is 11.1. The SMILES string of the molecule is Cc1cc(Cl)nc2cc3c(cc12)OC(C)(C)[C@H](O)[C@H]3NCc1cc2ccccc2o1. The van der Waals surface area contributed by atoms with E-state index in [-0.39, 0.29) is 6.04 Å². The molecule has 1 aliphatic rings. The fourth-order valence-electron chi connectivity index (χ4n) is 4.20. The predicted molar refractivity (Wildman–Crippen MR) is 118 cm³/mol. The number of aliphatic hydroxyl groups excluding tert-OH is 1. The van der Waals surface area contributed by atoms with Crippen molar-refractivity contribution in [1.29, 1.82) is 0 Å². The van der Waals surface area contributed by atoms with Gasteiger partial charge in [0.2, 0.25) is 0 Å². The van der Waals surface area contributed by atoms with Gasteiger partial charge in [-0.25, -0.2) is 4.98 Å². The summed E-state index contributed by atoms with van der Waals surface area (Å²) in [6, 6.07) is 15.4. The minimum absolute atomic E-state index is 0.345. The van der Waals surface area contributed by atoms with E-state index in [1.807, 2.05) is 69.3 Å². The molecule has 0 radical (unpaired) electrons. The van der Waals surface area contributed by atoms with Crippen LogP contribution < -0.4 is 10.1 Å². The van der Waals surface area contributed by atoms with Crippen molar-refractivity contribution in [3.63, 3.8) is 0 Å². The largest absolute Gasteiger partial charge is 0.485 e. The van der Waals surface area contributed by atoms with Gasteiger partial charge < -0.3 is 19.6 Å². The molecule has 0 aliphatic carbocycles. The summed E-state index contributed by atoms with van der Waals surface area (Å²) in [7, 11) is 0. The lowest BCUT2D eigenvalue weighted by atomic mass is 9.85. The smallest absolute Gasteiger partial charge is 0.134 e. The molecular formula is C24H23ClN2O3. The number of fused-ring (bicyclic) bond motifs is 3. The molecule has 30 heavy (non-hydrogen) atoms.